The van der Waals surface area contributed by atoms with Crippen molar-refractivity contribution >= 4 is 8.32 Å². The lowest BCUT2D eigenvalue weighted by Gasteiger charge is -2.42. The average molecular weight is 252 g/mol. The van der Waals surface area contributed by atoms with Crippen molar-refractivity contribution in [3.05, 3.63) is 0 Å². The average Bonchev–Trinajstić information content (AvgIpc) is 2.19. The highest BCUT2D eigenvalue weighted by molar-refractivity contribution is 6.74. The summed E-state index contributed by atoms with van der Waals surface area (Å²) in [5, 5.41) is 0.297. The van der Waals surface area contributed by atoms with E-state index in [0.717, 1.165) is 6.42 Å². The van der Waals surface area contributed by atoms with Crippen LogP contribution < -0.4 is 0 Å². The van der Waals surface area contributed by atoms with Crippen LogP contribution >= 0.6 is 0 Å². The maximum Gasteiger partial charge on any atom is 0.192 e. The molecule has 17 heavy (non-hydrogen) atoms. The first-order valence-corrected chi connectivity index (χ1v) is 9.80. The van der Waals surface area contributed by atoms with Gasteiger partial charge in [-0.15, -0.1) is 12.3 Å². The van der Waals surface area contributed by atoms with Gasteiger partial charge in [0.25, 0.3) is 0 Å². The Bertz CT molecular complexity index is 282. The first kappa shape index (κ1) is 14.8. The van der Waals surface area contributed by atoms with Gasteiger partial charge in [0.2, 0.25) is 0 Å². The van der Waals surface area contributed by atoms with Crippen molar-refractivity contribution in [2.75, 3.05) is 0 Å². The quantitative estimate of drug-likeness (QED) is 0.527. The Labute approximate surface area is 108 Å². The zero-order chi connectivity index (χ0) is 13.1. The SMILES string of the molecule is C#CCC1CCCCC1O[Si](C)(C)C(C)(C)C. The van der Waals surface area contributed by atoms with E-state index in [1.165, 1.54) is 25.7 Å². The van der Waals surface area contributed by atoms with Crippen LogP contribution in [0.15, 0.2) is 0 Å². The van der Waals surface area contributed by atoms with Crippen molar-refractivity contribution in [1.82, 2.24) is 0 Å². The van der Waals surface area contributed by atoms with Crippen LogP contribution in [0, 0.1) is 18.3 Å². The molecule has 0 aromatic rings. The molecule has 1 fully saturated rings. The van der Waals surface area contributed by atoms with Gasteiger partial charge in [-0.1, -0.05) is 33.6 Å². The van der Waals surface area contributed by atoms with Crippen molar-refractivity contribution < 1.29 is 4.43 Å². The van der Waals surface area contributed by atoms with Gasteiger partial charge in [-0.2, -0.15) is 0 Å². The molecule has 1 rings (SSSR count). The maximum atomic E-state index is 6.55. The molecule has 2 atom stereocenters. The van der Waals surface area contributed by atoms with Gasteiger partial charge in [-0.05, 0) is 36.9 Å². The third kappa shape index (κ3) is 3.86. The molecule has 2 unspecified atom stereocenters. The third-order valence-corrected chi connectivity index (χ3v) is 8.98. The summed E-state index contributed by atoms with van der Waals surface area (Å²) in [6.07, 6.45) is 11.9. The molecule has 0 aromatic carbocycles. The molecular formula is C15H28OSi. The first-order valence-electron chi connectivity index (χ1n) is 6.89. The molecule has 0 N–H and O–H groups in total. The molecule has 1 aliphatic rings. The second kappa shape index (κ2) is 5.59. The van der Waals surface area contributed by atoms with Gasteiger partial charge in [0.05, 0.1) is 0 Å². The van der Waals surface area contributed by atoms with Crippen molar-refractivity contribution in [1.29, 1.82) is 0 Å². The van der Waals surface area contributed by atoms with E-state index in [1.54, 1.807) is 0 Å². The molecule has 0 spiro atoms. The van der Waals surface area contributed by atoms with E-state index in [-0.39, 0.29) is 0 Å². The van der Waals surface area contributed by atoms with Crippen LogP contribution in [0.2, 0.25) is 18.1 Å². The summed E-state index contributed by atoms with van der Waals surface area (Å²) in [7, 11) is -1.63. The zero-order valence-electron chi connectivity index (χ0n) is 12.2. The molecule has 0 amide bonds. The molecule has 0 saturated heterocycles. The Balaban J connectivity index is 2.68. The zero-order valence-corrected chi connectivity index (χ0v) is 13.2. The number of hydrogen-bond donors (Lipinski definition) is 0. The van der Waals surface area contributed by atoms with E-state index >= 15 is 0 Å². The van der Waals surface area contributed by atoms with E-state index in [0.29, 0.717) is 17.1 Å². The molecule has 0 radical (unpaired) electrons. The van der Waals surface area contributed by atoms with Crippen molar-refractivity contribution in [2.45, 2.75) is 77.1 Å². The Kier molecular flexibility index (Phi) is 4.86. The second-order valence-electron chi connectivity index (χ2n) is 6.87. The van der Waals surface area contributed by atoms with Crippen LogP contribution in [0.3, 0.4) is 0 Å². The van der Waals surface area contributed by atoms with E-state index < -0.39 is 8.32 Å². The molecule has 0 aliphatic heterocycles. The third-order valence-electron chi connectivity index (χ3n) is 4.47. The van der Waals surface area contributed by atoms with Gasteiger partial charge in [0.15, 0.2) is 8.32 Å². The lowest BCUT2D eigenvalue weighted by atomic mass is 9.85. The molecule has 0 bridgehead atoms. The topological polar surface area (TPSA) is 9.23 Å². The predicted octanol–water partition coefficient (Wildman–Crippen LogP) is 4.59. The highest BCUT2D eigenvalue weighted by Crippen LogP contribution is 2.40. The highest BCUT2D eigenvalue weighted by Gasteiger charge is 2.40. The molecule has 98 valence electrons. The molecule has 0 heterocycles. The van der Waals surface area contributed by atoms with Gasteiger partial charge in [0, 0.05) is 12.5 Å². The Morgan fingerprint density at radius 2 is 1.82 bits per heavy atom. The summed E-state index contributed by atoms with van der Waals surface area (Å²) in [6, 6.07) is 0. The van der Waals surface area contributed by atoms with Crippen LogP contribution in [0.1, 0.15) is 52.9 Å². The predicted molar refractivity (Wildman–Crippen MR) is 77.5 cm³/mol. The smallest absolute Gasteiger partial charge is 0.192 e. The molecule has 0 aromatic heterocycles. The van der Waals surface area contributed by atoms with Crippen LogP contribution in [0.5, 0.6) is 0 Å². The van der Waals surface area contributed by atoms with Crippen molar-refractivity contribution in [3.8, 4) is 12.3 Å². The number of terminal acetylenes is 1. The summed E-state index contributed by atoms with van der Waals surface area (Å²) in [5.74, 6) is 3.43. The summed E-state index contributed by atoms with van der Waals surface area (Å²) < 4.78 is 6.55. The van der Waals surface area contributed by atoms with Crippen LogP contribution in [-0.2, 0) is 4.43 Å². The monoisotopic (exact) mass is 252 g/mol. The van der Waals surface area contributed by atoms with E-state index in [2.05, 4.69) is 39.8 Å². The van der Waals surface area contributed by atoms with E-state index in [4.69, 9.17) is 10.8 Å². The molecule has 1 saturated carbocycles. The summed E-state index contributed by atoms with van der Waals surface area (Å²) in [6.45, 7) is 11.6. The minimum atomic E-state index is -1.63. The van der Waals surface area contributed by atoms with Gasteiger partial charge in [-0.25, -0.2) is 0 Å². The largest absolute Gasteiger partial charge is 0.414 e. The Morgan fingerprint density at radius 3 is 2.35 bits per heavy atom. The standard InChI is InChI=1S/C15H28OSi/c1-7-10-13-11-8-9-12-14(13)16-17(5,6)15(2,3)4/h1,13-14H,8-12H2,2-6H3. The van der Waals surface area contributed by atoms with Gasteiger partial charge >= 0.3 is 0 Å². The minimum absolute atomic E-state index is 0.297. The molecular weight excluding hydrogens is 224 g/mol. The first-order chi connectivity index (χ1) is 7.78. The van der Waals surface area contributed by atoms with E-state index in [9.17, 15) is 0 Å². The second-order valence-corrected chi connectivity index (χ2v) is 11.6. The molecule has 1 nitrogen and oxygen atoms in total. The lowest BCUT2D eigenvalue weighted by Crippen LogP contribution is -2.46. The summed E-state index contributed by atoms with van der Waals surface area (Å²) >= 11 is 0. The summed E-state index contributed by atoms with van der Waals surface area (Å²) in [4.78, 5) is 0. The Hall–Kier alpha value is -0.263. The van der Waals surface area contributed by atoms with Gasteiger partial charge in [-0.3, -0.25) is 0 Å². The van der Waals surface area contributed by atoms with Gasteiger partial charge in [0.1, 0.15) is 0 Å². The van der Waals surface area contributed by atoms with Gasteiger partial charge < -0.3 is 4.43 Å². The minimum Gasteiger partial charge on any atom is -0.414 e. The lowest BCUT2D eigenvalue weighted by molar-refractivity contribution is 0.0816. The normalized spacial score (nSPS) is 26.6. The highest BCUT2D eigenvalue weighted by atomic mass is 28.4. The fourth-order valence-electron chi connectivity index (χ4n) is 2.27. The van der Waals surface area contributed by atoms with Crippen molar-refractivity contribution in [2.24, 2.45) is 5.92 Å². The Morgan fingerprint density at radius 1 is 1.24 bits per heavy atom. The van der Waals surface area contributed by atoms with Crippen LogP contribution in [0.4, 0.5) is 0 Å². The number of rotatable bonds is 3. The van der Waals surface area contributed by atoms with Crippen LogP contribution in [-0.4, -0.2) is 14.4 Å². The molecule has 2 heteroatoms. The number of hydrogen-bond acceptors (Lipinski definition) is 1. The maximum absolute atomic E-state index is 6.55. The van der Waals surface area contributed by atoms with Crippen LogP contribution in [0.25, 0.3) is 0 Å². The fraction of sp³-hybridized carbons (Fsp3) is 0.867. The molecule has 1 aliphatic carbocycles. The van der Waals surface area contributed by atoms with E-state index in [1.807, 2.05) is 0 Å². The van der Waals surface area contributed by atoms with Crippen molar-refractivity contribution in [3.63, 3.8) is 0 Å². The fourth-order valence-corrected chi connectivity index (χ4v) is 3.69. The summed E-state index contributed by atoms with van der Waals surface area (Å²) in [5.41, 5.74) is 0.